The Morgan fingerprint density at radius 3 is 2.44 bits per heavy atom. The molecule has 4 heteroatoms. The van der Waals surface area contributed by atoms with Gasteiger partial charge in [0.25, 0.3) is 0 Å². The lowest BCUT2D eigenvalue weighted by Gasteiger charge is -2.17. The van der Waals surface area contributed by atoms with E-state index >= 15 is 0 Å². The summed E-state index contributed by atoms with van der Waals surface area (Å²) in [5.74, 6) is 0.0916. The van der Waals surface area contributed by atoms with Crippen molar-refractivity contribution in [2.45, 2.75) is 24.8 Å². The molecule has 0 aliphatic heterocycles. The summed E-state index contributed by atoms with van der Waals surface area (Å²) in [6, 6.07) is 8.99. The number of carbonyl (C=O) groups excluding carboxylic acids is 2. The Kier molecular flexibility index (Phi) is 5.05. The molecule has 0 aliphatic rings. The van der Waals surface area contributed by atoms with Gasteiger partial charge in [0, 0.05) is 4.90 Å². The molecule has 0 spiro atoms. The van der Waals surface area contributed by atoms with Crippen LogP contribution in [0.15, 0.2) is 35.2 Å². The Hall–Kier alpha value is -1.29. The first-order valence-corrected chi connectivity index (χ1v) is 5.93. The lowest BCUT2D eigenvalue weighted by atomic mass is 10.1. The minimum atomic E-state index is -0.428. The third-order valence-corrected chi connectivity index (χ3v) is 3.09. The minimum Gasteiger partial charge on any atom is -0.348 e. The summed E-state index contributed by atoms with van der Waals surface area (Å²) in [5.41, 5.74) is 0. The first kappa shape index (κ1) is 12.8. The zero-order valence-corrected chi connectivity index (χ0v) is 10.2. The van der Waals surface area contributed by atoms with Crippen LogP contribution in [0.25, 0.3) is 0 Å². The average molecular weight is 237 g/mol. The van der Waals surface area contributed by atoms with Crippen LogP contribution >= 0.6 is 11.8 Å². The maximum absolute atomic E-state index is 11.9. The van der Waals surface area contributed by atoms with Crippen molar-refractivity contribution in [3.63, 3.8) is 0 Å². The number of carbonyl (C=O) groups is 2. The fourth-order valence-corrected chi connectivity index (χ4v) is 2.27. The summed E-state index contributed by atoms with van der Waals surface area (Å²) in [6.07, 6.45) is 0.577. The molecule has 0 saturated carbocycles. The highest BCUT2D eigenvalue weighted by atomic mass is 32.2. The van der Waals surface area contributed by atoms with Gasteiger partial charge in [-0.25, -0.2) is 0 Å². The quantitative estimate of drug-likeness (QED) is 0.630. The molecule has 1 aromatic carbocycles. The largest absolute Gasteiger partial charge is 0.348 e. The molecule has 0 unspecified atom stereocenters. The first-order valence-electron chi connectivity index (χ1n) is 5.11. The molecular weight excluding hydrogens is 222 g/mol. The standard InChI is InChI=1S/C12H15NO2S/c1-9(2)11(13-8-14)12(15)16-10-6-4-3-5-7-10/h3-9,11H,1-2H3,(H,13,14)/t11-/m0/s1. The Balaban J connectivity index is 2.66. The van der Waals surface area contributed by atoms with Crippen molar-refractivity contribution in [2.24, 2.45) is 5.92 Å². The van der Waals surface area contributed by atoms with Crippen LogP contribution in [0.1, 0.15) is 13.8 Å². The lowest BCUT2D eigenvalue weighted by molar-refractivity contribution is -0.118. The second kappa shape index (κ2) is 6.33. The van der Waals surface area contributed by atoms with E-state index in [9.17, 15) is 9.59 Å². The highest BCUT2D eigenvalue weighted by Gasteiger charge is 2.21. The molecule has 1 N–H and O–H groups in total. The van der Waals surface area contributed by atoms with Crippen LogP contribution in [0, 0.1) is 5.92 Å². The van der Waals surface area contributed by atoms with E-state index in [0.29, 0.717) is 6.41 Å². The van der Waals surface area contributed by atoms with Crippen LogP contribution in [0.3, 0.4) is 0 Å². The van der Waals surface area contributed by atoms with Crippen molar-refractivity contribution in [3.8, 4) is 0 Å². The zero-order valence-electron chi connectivity index (χ0n) is 9.34. The molecule has 1 amide bonds. The van der Waals surface area contributed by atoms with E-state index in [2.05, 4.69) is 5.32 Å². The summed E-state index contributed by atoms with van der Waals surface area (Å²) in [5, 5.41) is 2.52. The van der Waals surface area contributed by atoms with E-state index in [1.807, 2.05) is 44.2 Å². The number of benzene rings is 1. The van der Waals surface area contributed by atoms with Gasteiger partial charge in [0.15, 0.2) is 0 Å². The molecule has 1 aromatic rings. The van der Waals surface area contributed by atoms with Crippen LogP contribution in [-0.2, 0) is 9.59 Å². The minimum absolute atomic E-state index is 0.0340. The highest BCUT2D eigenvalue weighted by molar-refractivity contribution is 8.13. The maximum atomic E-state index is 11.9. The van der Waals surface area contributed by atoms with Gasteiger partial charge in [0.05, 0.1) is 0 Å². The van der Waals surface area contributed by atoms with E-state index in [0.717, 1.165) is 16.7 Å². The molecule has 16 heavy (non-hydrogen) atoms. The highest BCUT2D eigenvalue weighted by Crippen LogP contribution is 2.21. The van der Waals surface area contributed by atoms with Crippen molar-refractivity contribution in [3.05, 3.63) is 30.3 Å². The van der Waals surface area contributed by atoms with Crippen molar-refractivity contribution >= 4 is 23.3 Å². The van der Waals surface area contributed by atoms with E-state index in [1.54, 1.807) is 0 Å². The average Bonchev–Trinajstić information content (AvgIpc) is 2.26. The van der Waals surface area contributed by atoms with Gasteiger partial charge < -0.3 is 5.32 Å². The predicted octanol–water partition coefficient (Wildman–Crippen LogP) is 2.08. The van der Waals surface area contributed by atoms with Gasteiger partial charge in [-0.3, -0.25) is 9.59 Å². The zero-order chi connectivity index (χ0) is 12.0. The van der Waals surface area contributed by atoms with Gasteiger partial charge >= 0.3 is 0 Å². The molecule has 0 fully saturated rings. The Labute approximate surface area is 99.6 Å². The monoisotopic (exact) mass is 237 g/mol. The van der Waals surface area contributed by atoms with Crippen molar-refractivity contribution in [1.82, 2.24) is 5.32 Å². The number of thioether (sulfide) groups is 1. The third kappa shape index (κ3) is 3.70. The topological polar surface area (TPSA) is 46.2 Å². The maximum Gasteiger partial charge on any atom is 0.216 e. The summed E-state index contributed by atoms with van der Waals surface area (Å²) < 4.78 is 0. The Morgan fingerprint density at radius 1 is 1.31 bits per heavy atom. The second-order valence-corrected chi connectivity index (χ2v) is 4.82. The summed E-state index contributed by atoms with van der Waals surface area (Å²) in [7, 11) is 0. The summed E-state index contributed by atoms with van der Waals surface area (Å²) >= 11 is 1.16. The fourth-order valence-electron chi connectivity index (χ4n) is 1.27. The summed E-state index contributed by atoms with van der Waals surface area (Å²) in [4.78, 5) is 23.2. The van der Waals surface area contributed by atoms with Crippen LogP contribution in [0.4, 0.5) is 0 Å². The molecule has 86 valence electrons. The molecule has 0 saturated heterocycles. The van der Waals surface area contributed by atoms with Crippen molar-refractivity contribution in [2.75, 3.05) is 0 Å². The molecule has 0 radical (unpaired) electrons. The van der Waals surface area contributed by atoms with E-state index in [1.165, 1.54) is 0 Å². The molecular formula is C12H15NO2S. The molecule has 1 atom stereocenters. The Morgan fingerprint density at radius 2 is 1.94 bits per heavy atom. The normalized spacial score (nSPS) is 12.2. The van der Waals surface area contributed by atoms with Crippen LogP contribution in [0.2, 0.25) is 0 Å². The van der Waals surface area contributed by atoms with Gasteiger partial charge in [0.1, 0.15) is 6.04 Å². The van der Waals surface area contributed by atoms with Crippen LogP contribution in [0.5, 0.6) is 0 Å². The SMILES string of the molecule is CC(C)[C@H](NC=O)C(=O)Sc1ccccc1. The molecule has 1 rings (SSSR count). The predicted molar refractivity (Wildman–Crippen MR) is 65.1 cm³/mol. The number of nitrogens with one attached hydrogen (secondary N) is 1. The third-order valence-electron chi connectivity index (χ3n) is 2.13. The van der Waals surface area contributed by atoms with Gasteiger partial charge in [-0.1, -0.05) is 32.0 Å². The lowest BCUT2D eigenvalue weighted by Crippen LogP contribution is -2.38. The van der Waals surface area contributed by atoms with E-state index < -0.39 is 6.04 Å². The van der Waals surface area contributed by atoms with Gasteiger partial charge in [-0.15, -0.1) is 0 Å². The smallest absolute Gasteiger partial charge is 0.216 e. The van der Waals surface area contributed by atoms with Gasteiger partial charge in [-0.05, 0) is 29.8 Å². The Bertz CT molecular complexity index is 351. The number of rotatable bonds is 5. The number of hydrogen-bond acceptors (Lipinski definition) is 3. The number of amides is 1. The van der Waals surface area contributed by atoms with Crippen LogP contribution < -0.4 is 5.32 Å². The molecule has 3 nitrogen and oxygen atoms in total. The van der Waals surface area contributed by atoms with Crippen molar-refractivity contribution in [1.29, 1.82) is 0 Å². The summed E-state index contributed by atoms with van der Waals surface area (Å²) in [6.45, 7) is 3.81. The fraction of sp³-hybridized carbons (Fsp3) is 0.333. The van der Waals surface area contributed by atoms with Crippen LogP contribution in [-0.4, -0.2) is 17.6 Å². The van der Waals surface area contributed by atoms with Gasteiger partial charge in [0.2, 0.25) is 11.5 Å². The van der Waals surface area contributed by atoms with Gasteiger partial charge in [-0.2, -0.15) is 0 Å². The number of hydrogen-bond donors (Lipinski definition) is 1. The molecule has 0 aliphatic carbocycles. The molecule has 0 aromatic heterocycles. The second-order valence-electron chi connectivity index (χ2n) is 3.74. The van der Waals surface area contributed by atoms with E-state index in [-0.39, 0.29) is 11.0 Å². The van der Waals surface area contributed by atoms with E-state index in [4.69, 9.17) is 0 Å². The molecule has 0 bridgehead atoms. The molecule has 0 heterocycles. The van der Waals surface area contributed by atoms with Crippen molar-refractivity contribution < 1.29 is 9.59 Å². The first-order chi connectivity index (χ1) is 7.65.